The molecule has 0 fully saturated rings. The monoisotopic (exact) mass is 264 g/mol. The van der Waals surface area contributed by atoms with Crippen LogP contribution in [0.25, 0.3) is 0 Å². The van der Waals surface area contributed by atoms with E-state index in [-0.39, 0.29) is 0 Å². The maximum atomic E-state index is 11.8. The molecular weight excluding hydrogens is 232 g/mol. The van der Waals surface area contributed by atoms with Gasteiger partial charge in [0.05, 0.1) is 0 Å². The van der Waals surface area contributed by atoms with Crippen LogP contribution in [0.3, 0.4) is 0 Å². The SMILES string of the molecule is C=CCCCCCCCCC(=O)CC(C)CCC=C. The van der Waals surface area contributed by atoms with Crippen molar-refractivity contribution in [1.29, 1.82) is 0 Å². The van der Waals surface area contributed by atoms with Crippen molar-refractivity contribution < 1.29 is 4.79 Å². The molecule has 0 saturated heterocycles. The van der Waals surface area contributed by atoms with Crippen molar-refractivity contribution in [2.75, 3.05) is 0 Å². The third kappa shape index (κ3) is 13.4. The van der Waals surface area contributed by atoms with Gasteiger partial charge in [0.25, 0.3) is 0 Å². The summed E-state index contributed by atoms with van der Waals surface area (Å²) in [6, 6.07) is 0. The first-order valence-corrected chi connectivity index (χ1v) is 7.94. The number of hydrogen-bond donors (Lipinski definition) is 0. The minimum absolute atomic E-state index is 0.447. The Morgan fingerprint density at radius 1 is 0.947 bits per heavy atom. The van der Waals surface area contributed by atoms with Crippen LogP contribution in [0.1, 0.15) is 77.6 Å². The molecule has 0 spiro atoms. The zero-order valence-corrected chi connectivity index (χ0v) is 12.8. The highest BCUT2D eigenvalue weighted by Crippen LogP contribution is 2.14. The molecule has 0 N–H and O–H groups in total. The Labute approximate surface area is 120 Å². The second kappa shape index (κ2) is 13.6. The molecule has 1 atom stereocenters. The van der Waals surface area contributed by atoms with Gasteiger partial charge in [-0.25, -0.2) is 0 Å². The van der Waals surface area contributed by atoms with Crippen LogP contribution in [-0.2, 0) is 4.79 Å². The van der Waals surface area contributed by atoms with Crippen LogP contribution in [-0.4, -0.2) is 5.78 Å². The fourth-order valence-corrected chi connectivity index (χ4v) is 2.31. The molecule has 0 amide bonds. The van der Waals surface area contributed by atoms with E-state index in [0.717, 1.165) is 38.5 Å². The van der Waals surface area contributed by atoms with E-state index in [1.165, 1.54) is 32.1 Å². The Bertz CT molecular complexity index is 242. The van der Waals surface area contributed by atoms with Gasteiger partial charge in [-0.3, -0.25) is 4.79 Å². The van der Waals surface area contributed by atoms with E-state index in [1.807, 2.05) is 12.2 Å². The van der Waals surface area contributed by atoms with Crippen molar-refractivity contribution in [2.45, 2.75) is 77.6 Å². The van der Waals surface area contributed by atoms with Crippen LogP contribution in [0.15, 0.2) is 25.3 Å². The normalized spacial score (nSPS) is 12.1. The number of carbonyl (C=O) groups is 1. The molecule has 0 rings (SSSR count). The summed E-state index contributed by atoms with van der Waals surface area (Å²) >= 11 is 0. The van der Waals surface area contributed by atoms with Crippen molar-refractivity contribution in [3.05, 3.63) is 25.3 Å². The Balaban J connectivity index is 3.33. The van der Waals surface area contributed by atoms with Gasteiger partial charge < -0.3 is 0 Å². The van der Waals surface area contributed by atoms with Gasteiger partial charge in [-0.05, 0) is 38.0 Å². The molecule has 0 aromatic rings. The highest BCUT2D eigenvalue weighted by Gasteiger charge is 2.08. The summed E-state index contributed by atoms with van der Waals surface area (Å²) in [7, 11) is 0. The third-order valence-electron chi connectivity index (χ3n) is 3.55. The Morgan fingerprint density at radius 3 is 2.16 bits per heavy atom. The standard InChI is InChI=1S/C18H32O/c1-4-6-8-9-10-11-12-13-15-18(19)16-17(3)14-7-5-2/h4-5,17H,1-2,6-16H2,3H3. The summed E-state index contributed by atoms with van der Waals surface area (Å²) in [5.74, 6) is 0.965. The topological polar surface area (TPSA) is 17.1 Å². The fourth-order valence-electron chi connectivity index (χ4n) is 2.31. The molecule has 1 heteroatoms. The van der Waals surface area contributed by atoms with E-state index in [2.05, 4.69) is 20.1 Å². The van der Waals surface area contributed by atoms with Crippen LogP contribution < -0.4 is 0 Å². The minimum Gasteiger partial charge on any atom is -0.300 e. The quantitative estimate of drug-likeness (QED) is 0.284. The molecule has 0 radical (unpaired) electrons. The van der Waals surface area contributed by atoms with E-state index >= 15 is 0 Å². The lowest BCUT2D eigenvalue weighted by Gasteiger charge is -2.08. The Morgan fingerprint density at radius 2 is 1.53 bits per heavy atom. The molecule has 0 aliphatic carbocycles. The van der Waals surface area contributed by atoms with E-state index in [4.69, 9.17) is 0 Å². The highest BCUT2D eigenvalue weighted by molar-refractivity contribution is 5.78. The minimum atomic E-state index is 0.447. The molecule has 0 bridgehead atoms. The first-order valence-electron chi connectivity index (χ1n) is 7.94. The van der Waals surface area contributed by atoms with E-state index in [9.17, 15) is 4.79 Å². The second-order valence-electron chi connectivity index (χ2n) is 5.66. The van der Waals surface area contributed by atoms with Gasteiger partial charge >= 0.3 is 0 Å². The molecule has 110 valence electrons. The molecule has 19 heavy (non-hydrogen) atoms. The van der Waals surface area contributed by atoms with Crippen LogP contribution in [0.4, 0.5) is 0 Å². The molecule has 1 unspecified atom stereocenters. The first kappa shape index (κ1) is 18.1. The number of carbonyl (C=O) groups excluding carboxylic acids is 1. The molecule has 0 aromatic heterocycles. The summed E-state index contributed by atoms with van der Waals surface area (Å²) in [4.78, 5) is 11.8. The summed E-state index contributed by atoms with van der Waals surface area (Å²) in [5.41, 5.74) is 0. The molecule has 0 aliphatic rings. The van der Waals surface area contributed by atoms with Crippen molar-refractivity contribution in [2.24, 2.45) is 5.92 Å². The molecule has 0 saturated carbocycles. The number of rotatable bonds is 14. The molecule has 0 aromatic carbocycles. The Hall–Kier alpha value is -0.850. The first-order chi connectivity index (χ1) is 9.20. The number of ketones is 1. The maximum Gasteiger partial charge on any atom is 0.133 e. The van der Waals surface area contributed by atoms with Crippen LogP contribution in [0.2, 0.25) is 0 Å². The maximum absolute atomic E-state index is 11.8. The van der Waals surface area contributed by atoms with E-state index in [1.54, 1.807) is 0 Å². The second-order valence-corrected chi connectivity index (χ2v) is 5.66. The smallest absolute Gasteiger partial charge is 0.133 e. The third-order valence-corrected chi connectivity index (χ3v) is 3.55. The molecular formula is C18H32O. The van der Waals surface area contributed by atoms with Gasteiger partial charge in [0.15, 0.2) is 0 Å². The van der Waals surface area contributed by atoms with Crippen LogP contribution in [0, 0.1) is 5.92 Å². The zero-order valence-electron chi connectivity index (χ0n) is 12.8. The molecule has 1 nitrogen and oxygen atoms in total. The van der Waals surface area contributed by atoms with Gasteiger partial charge in [-0.2, -0.15) is 0 Å². The highest BCUT2D eigenvalue weighted by atomic mass is 16.1. The zero-order chi connectivity index (χ0) is 14.3. The lowest BCUT2D eigenvalue weighted by molar-refractivity contribution is -0.120. The fraction of sp³-hybridized carbons (Fsp3) is 0.722. The van der Waals surface area contributed by atoms with Crippen molar-refractivity contribution >= 4 is 5.78 Å². The molecule has 0 heterocycles. The summed E-state index contributed by atoms with van der Waals surface area (Å²) in [6.45, 7) is 9.61. The predicted molar refractivity (Wildman–Crippen MR) is 85.4 cm³/mol. The van der Waals surface area contributed by atoms with Crippen LogP contribution >= 0.6 is 0 Å². The largest absolute Gasteiger partial charge is 0.300 e. The number of Topliss-reactive ketones (excluding diaryl/α,β-unsaturated/α-hetero) is 1. The predicted octanol–water partition coefficient (Wildman–Crippen LogP) is 5.85. The average Bonchev–Trinajstić information content (AvgIpc) is 2.39. The number of hydrogen-bond acceptors (Lipinski definition) is 1. The van der Waals surface area contributed by atoms with Gasteiger partial charge in [0, 0.05) is 12.8 Å². The molecule has 0 aliphatic heterocycles. The summed E-state index contributed by atoms with van der Waals surface area (Å²) in [6.07, 6.45) is 16.2. The lowest BCUT2D eigenvalue weighted by atomic mass is 9.96. The Kier molecular flexibility index (Phi) is 13.0. The van der Waals surface area contributed by atoms with E-state index in [0.29, 0.717) is 11.7 Å². The van der Waals surface area contributed by atoms with Crippen LogP contribution in [0.5, 0.6) is 0 Å². The number of allylic oxidation sites excluding steroid dienone is 2. The summed E-state index contributed by atoms with van der Waals surface area (Å²) < 4.78 is 0. The van der Waals surface area contributed by atoms with Crippen molar-refractivity contribution in [1.82, 2.24) is 0 Å². The van der Waals surface area contributed by atoms with Gasteiger partial charge in [-0.1, -0.05) is 44.8 Å². The van der Waals surface area contributed by atoms with Crippen molar-refractivity contribution in [3.63, 3.8) is 0 Å². The van der Waals surface area contributed by atoms with Gasteiger partial charge in [-0.15, -0.1) is 13.2 Å². The van der Waals surface area contributed by atoms with Gasteiger partial charge in [0.2, 0.25) is 0 Å². The van der Waals surface area contributed by atoms with Crippen molar-refractivity contribution in [3.8, 4) is 0 Å². The van der Waals surface area contributed by atoms with Gasteiger partial charge in [0.1, 0.15) is 5.78 Å². The summed E-state index contributed by atoms with van der Waals surface area (Å²) in [5, 5.41) is 0. The number of unbranched alkanes of at least 4 members (excludes halogenated alkanes) is 6. The lowest BCUT2D eigenvalue weighted by Crippen LogP contribution is -2.05. The average molecular weight is 264 g/mol. The van der Waals surface area contributed by atoms with E-state index < -0.39 is 0 Å².